The number of aryl methyl sites for hydroxylation is 2. The Morgan fingerprint density at radius 3 is 2.58 bits per heavy atom. The number of nitrogens with zero attached hydrogens (tertiary/aromatic N) is 3. The van der Waals surface area contributed by atoms with Gasteiger partial charge in [-0.25, -0.2) is 9.78 Å². The Kier molecular flexibility index (Phi) is 3.28. The van der Waals surface area contributed by atoms with Crippen LogP contribution in [-0.2, 0) is 7.05 Å². The summed E-state index contributed by atoms with van der Waals surface area (Å²) in [6, 6.07) is 4.47. The molecule has 0 aliphatic carbocycles. The number of hydrogen-bond acceptors (Lipinski definition) is 4. The number of pyridine rings is 1. The largest absolute Gasteiger partial charge is 0.477 e. The van der Waals surface area contributed by atoms with E-state index in [2.05, 4.69) is 15.4 Å². The molecule has 0 atom stereocenters. The summed E-state index contributed by atoms with van der Waals surface area (Å²) in [6.07, 6.45) is 1.30. The van der Waals surface area contributed by atoms with Gasteiger partial charge in [0.05, 0.1) is 17.6 Å². The first-order valence-electron chi connectivity index (χ1n) is 5.48. The molecule has 7 heteroatoms. The minimum absolute atomic E-state index is 0.0747. The summed E-state index contributed by atoms with van der Waals surface area (Å²) in [5.41, 5.74) is 1.51. The molecule has 0 spiro atoms. The van der Waals surface area contributed by atoms with Crippen LogP contribution in [0.4, 0.5) is 5.69 Å². The Balaban J connectivity index is 2.15. The van der Waals surface area contributed by atoms with E-state index in [-0.39, 0.29) is 11.6 Å². The maximum absolute atomic E-state index is 12.0. The highest BCUT2D eigenvalue weighted by atomic mass is 16.4. The molecule has 0 aromatic carbocycles. The molecule has 0 aliphatic rings. The summed E-state index contributed by atoms with van der Waals surface area (Å²) < 4.78 is 1.48. The summed E-state index contributed by atoms with van der Waals surface area (Å²) >= 11 is 0. The molecule has 0 aliphatic heterocycles. The van der Waals surface area contributed by atoms with Gasteiger partial charge in [0.25, 0.3) is 5.91 Å². The molecule has 2 aromatic rings. The lowest BCUT2D eigenvalue weighted by Gasteiger charge is -2.04. The predicted molar refractivity (Wildman–Crippen MR) is 67.1 cm³/mol. The molecule has 2 N–H and O–H groups in total. The Labute approximate surface area is 108 Å². The minimum Gasteiger partial charge on any atom is -0.477 e. The van der Waals surface area contributed by atoms with Gasteiger partial charge in [-0.3, -0.25) is 9.48 Å². The lowest BCUT2D eigenvalue weighted by Crippen LogP contribution is -2.16. The number of carboxylic acid groups (broad SMARTS) is 1. The van der Waals surface area contributed by atoms with Crippen LogP contribution < -0.4 is 5.32 Å². The first-order chi connectivity index (χ1) is 8.97. The van der Waals surface area contributed by atoms with Gasteiger partial charge in [0, 0.05) is 7.05 Å². The molecule has 0 saturated heterocycles. The highest BCUT2D eigenvalue weighted by Crippen LogP contribution is 2.09. The third-order valence-corrected chi connectivity index (χ3v) is 2.48. The molecular weight excluding hydrogens is 248 g/mol. The minimum atomic E-state index is -1.11. The van der Waals surface area contributed by atoms with Gasteiger partial charge in [-0.2, -0.15) is 5.10 Å². The predicted octanol–water partition coefficient (Wildman–Crippen LogP) is 1.07. The van der Waals surface area contributed by atoms with E-state index in [1.807, 2.05) is 0 Å². The topological polar surface area (TPSA) is 97.1 Å². The average molecular weight is 260 g/mol. The van der Waals surface area contributed by atoms with Crippen LogP contribution in [0.2, 0.25) is 0 Å². The van der Waals surface area contributed by atoms with Gasteiger partial charge in [-0.05, 0) is 25.1 Å². The highest BCUT2D eigenvalue weighted by molar-refractivity contribution is 6.03. The van der Waals surface area contributed by atoms with Gasteiger partial charge in [-0.15, -0.1) is 0 Å². The molecule has 2 heterocycles. The van der Waals surface area contributed by atoms with Crippen molar-refractivity contribution in [1.29, 1.82) is 0 Å². The van der Waals surface area contributed by atoms with Crippen LogP contribution in [0.3, 0.4) is 0 Å². The molecule has 2 rings (SSSR count). The lowest BCUT2D eigenvalue weighted by molar-refractivity contribution is 0.0690. The molecule has 1 amide bonds. The number of hydrogen-bond donors (Lipinski definition) is 2. The van der Waals surface area contributed by atoms with E-state index in [1.165, 1.54) is 23.0 Å². The van der Waals surface area contributed by atoms with E-state index in [0.717, 1.165) is 5.69 Å². The Hall–Kier alpha value is -2.70. The second-order valence-corrected chi connectivity index (χ2v) is 3.99. The molecule has 19 heavy (non-hydrogen) atoms. The Morgan fingerprint density at radius 1 is 1.37 bits per heavy atom. The summed E-state index contributed by atoms with van der Waals surface area (Å²) in [4.78, 5) is 26.3. The van der Waals surface area contributed by atoms with Gasteiger partial charge >= 0.3 is 5.97 Å². The van der Waals surface area contributed by atoms with Gasteiger partial charge in [0.15, 0.2) is 0 Å². The average Bonchev–Trinajstić information content (AvgIpc) is 2.69. The quantitative estimate of drug-likeness (QED) is 0.860. The van der Waals surface area contributed by atoms with Crippen molar-refractivity contribution in [1.82, 2.24) is 14.8 Å². The maximum Gasteiger partial charge on any atom is 0.354 e. The van der Waals surface area contributed by atoms with E-state index in [4.69, 9.17) is 5.11 Å². The number of rotatable bonds is 3. The van der Waals surface area contributed by atoms with Gasteiger partial charge in [0.2, 0.25) is 0 Å². The monoisotopic (exact) mass is 260 g/mol. The fraction of sp³-hybridized carbons (Fsp3) is 0.167. The number of nitrogens with one attached hydrogen (secondary N) is 1. The normalized spacial score (nSPS) is 10.2. The molecule has 0 unspecified atom stereocenters. The van der Waals surface area contributed by atoms with Crippen molar-refractivity contribution in [3.05, 3.63) is 41.5 Å². The second kappa shape index (κ2) is 4.89. The third-order valence-electron chi connectivity index (χ3n) is 2.48. The Bertz CT molecular complexity index is 631. The lowest BCUT2D eigenvalue weighted by atomic mass is 10.3. The van der Waals surface area contributed by atoms with Crippen LogP contribution in [0.15, 0.2) is 24.4 Å². The summed E-state index contributed by atoms with van der Waals surface area (Å²) in [7, 11) is 1.67. The fourth-order valence-corrected chi connectivity index (χ4v) is 1.61. The number of carbonyl (C=O) groups excluding carboxylic acids is 1. The van der Waals surface area contributed by atoms with Crippen molar-refractivity contribution in [2.45, 2.75) is 6.92 Å². The molecule has 0 radical (unpaired) electrons. The Morgan fingerprint density at radius 2 is 2.11 bits per heavy atom. The maximum atomic E-state index is 12.0. The first-order valence-corrected chi connectivity index (χ1v) is 5.48. The van der Waals surface area contributed by atoms with Crippen LogP contribution in [-0.4, -0.2) is 31.7 Å². The number of aromatic carboxylic acids is 1. The highest BCUT2D eigenvalue weighted by Gasteiger charge is 2.12. The van der Waals surface area contributed by atoms with E-state index >= 15 is 0 Å². The van der Waals surface area contributed by atoms with Gasteiger partial charge in [-0.1, -0.05) is 0 Å². The first kappa shape index (κ1) is 12.7. The zero-order valence-electron chi connectivity index (χ0n) is 10.4. The number of anilines is 1. The molecule has 7 nitrogen and oxygen atoms in total. The SMILES string of the molecule is Cc1cc(C(=O)Nc2ccc(C(=O)O)nc2)n(C)n1. The number of amides is 1. The molecular formula is C12H12N4O3. The van der Waals surface area contributed by atoms with Crippen molar-refractivity contribution in [2.24, 2.45) is 7.05 Å². The fourth-order valence-electron chi connectivity index (χ4n) is 1.61. The molecule has 0 saturated carbocycles. The van der Waals surface area contributed by atoms with Gasteiger partial charge in [0.1, 0.15) is 11.4 Å². The third kappa shape index (κ3) is 2.76. The van der Waals surface area contributed by atoms with E-state index in [1.54, 1.807) is 20.0 Å². The molecule has 98 valence electrons. The van der Waals surface area contributed by atoms with Crippen molar-refractivity contribution >= 4 is 17.6 Å². The van der Waals surface area contributed by atoms with E-state index in [9.17, 15) is 9.59 Å². The van der Waals surface area contributed by atoms with Crippen molar-refractivity contribution in [3.63, 3.8) is 0 Å². The van der Waals surface area contributed by atoms with Crippen LogP contribution >= 0.6 is 0 Å². The second-order valence-electron chi connectivity index (χ2n) is 3.99. The van der Waals surface area contributed by atoms with Crippen molar-refractivity contribution in [3.8, 4) is 0 Å². The summed E-state index contributed by atoms with van der Waals surface area (Å²) in [5.74, 6) is -1.44. The van der Waals surface area contributed by atoms with Crippen molar-refractivity contribution < 1.29 is 14.7 Å². The molecule has 0 fully saturated rings. The van der Waals surface area contributed by atoms with Crippen LogP contribution in [0.25, 0.3) is 0 Å². The summed E-state index contributed by atoms with van der Waals surface area (Å²) in [5, 5.41) is 15.4. The van der Waals surface area contributed by atoms with E-state index < -0.39 is 5.97 Å². The van der Waals surface area contributed by atoms with E-state index in [0.29, 0.717) is 11.4 Å². The standard InChI is InChI=1S/C12H12N4O3/c1-7-5-10(16(2)15-7)11(17)14-8-3-4-9(12(18)19)13-6-8/h3-6H,1-2H3,(H,14,17)(H,18,19). The molecule has 2 aromatic heterocycles. The molecule has 0 bridgehead atoms. The number of aromatic nitrogens is 3. The number of carbonyl (C=O) groups is 2. The van der Waals surface area contributed by atoms with Gasteiger partial charge < -0.3 is 10.4 Å². The zero-order chi connectivity index (χ0) is 14.0. The van der Waals surface area contributed by atoms with Crippen LogP contribution in [0.1, 0.15) is 26.7 Å². The van der Waals surface area contributed by atoms with Crippen LogP contribution in [0.5, 0.6) is 0 Å². The van der Waals surface area contributed by atoms with Crippen LogP contribution in [0, 0.1) is 6.92 Å². The summed E-state index contributed by atoms with van der Waals surface area (Å²) in [6.45, 7) is 1.79. The number of carboxylic acids is 1. The zero-order valence-corrected chi connectivity index (χ0v) is 10.4. The smallest absolute Gasteiger partial charge is 0.354 e. The van der Waals surface area contributed by atoms with Crippen molar-refractivity contribution in [2.75, 3.05) is 5.32 Å².